The third-order valence-corrected chi connectivity index (χ3v) is 11.3. The van der Waals surface area contributed by atoms with Crippen molar-refractivity contribution in [3.05, 3.63) is 58.3 Å². The maximum atomic E-state index is 14.4. The van der Waals surface area contributed by atoms with Gasteiger partial charge in [0.05, 0.1) is 12.3 Å². The average molecular weight is 671 g/mol. The zero-order valence-corrected chi connectivity index (χ0v) is 28.9. The fourth-order valence-electron chi connectivity index (χ4n) is 7.17. The third-order valence-electron chi connectivity index (χ3n) is 9.65. The molecule has 2 aromatic rings. The van der Waals surface area contributed by atoms with Gasteiger partial charge in [0, 0.05) is 43.4 Å². The lowest BCUT2D eigenvalue weighted by Crippen LogP contribution is -2.60. The Morgan fingerprint density at radius 1 is 1.07 bits per heavy atom. The van der Waals surface area contributed by atoms with Crippen LogP contribution in [0.3, 0.4) is 0 Å². The lowest BCUT2D eigenvalue weighted by atomic mass is 9.80. The van der Waals surface area contributed by atoms with Crippen LogP contribution in [-0.2, 0) is 30.8 Å². The van der Waals surface area contributed by atoms with Crippen LogP contribution in [0.15, 0.2) is 52.8 Å². The van der Waals surface area contributed by atoms with E-state index in [0.717, 1.165) is 31.2 Å². The highest BCUT2D eigenvalue weighted by atomic mass is 32.2. The number of ketones is 1. The fourth-order valence-corrected chi connectivity index (χ4v) is 8.39. The topological polar surface area (TPSA) is 108 Å². The van der Waals surface area contributed by atoms with Crippen molar-refractivity contribution in [1.29, 1.82) is 0 Å². The molecule has 0 unspecified atom stereocenters. The Bertz CT molecular complexity index is 1410. The molecule has 3 aliphatic rings. The van der Waals surface area contributed by atoms with Gasteiger partial charge in [-0.15, -0.1) is 11.3 Å². The first-order valence-electron chi connectivity index (χ1n) is 17.0. The second-order valence-corrected chi connectivity index (χ2v) is 16.1. The van der Waals surface area contributed by atoms with Crippen molar-refractivity contribution in [3.8, 4) is 0 Å². The van der Waals surface area contributed by atoms with Crippen LogP contribution in [0.5, 0.6) is 0 Å². The van der Waals surface area contributed by atoms with Crippen LogP contribution in [-0.4, -0.2) is 80.4 Å². The predicted octanol–water partition coefficient (Wildman–Crippen LogP) is 5.58. The molecule has 11 heteroatoms. The number of benzene rings is 1. The molecule has 2 aliphatic heterocycles. The van der Waals surface area contributed by atoms with Gasteiger partial charge in [-0.3, -0.25) is 9.59 Å². The van der Waals surface area contributed by atoms with E-state index in [0.29, 0.717) is 63.8 Å². The number of amidine groups is 1. The largest absolute Gasteiger partial charge is 0.455 e. The lowest BCUT2D eigenvalue weighted by Gasteiger charge is -2.42. The first-order valence-corrected chi connectivity index (χ1v) is 19.8. The molecule has 1 amide bonds. The summed E-state index contributed by atoms with van der Waals surface area (Å²) in [4.78, 5) is 38.4. The molecular weight excluding hydrogens is 621 g/mol. The van der Waals surface area contributed by atoms with Crippen molar-refractivity contribution < 1.29 is 22.7 Å². The number of aliphatic imine (C=N–C) groups is 1. The summed E-state index contributed by atoms with van der Waals surface area (Å²) in [5.41, 5.74) is 1.07. The Balaban J connectivity index is 1.30. The first-order chi connectivity index (χ1) is 22.2. The molecule has 0 bridgehead atoms. The molecule has 3 heterocycles. The fraction of sp³-hybridized carbons (Fsp3) is 0.629. The number of ether oxygens (including phenoxy) is 1. The second kappa shape index (κ2) is 16.4. The number of carbonyl (C=O) groups excluding carboxylic acids is 2. The number of rotatable bonds is 14. The predicted molar refractivity (Wildman–Crippen MR) is 183 cm³/mol. The number of sulfonamides is 1. The molecule has 1 saturated carbocycles. The summed E-state index contributed by atoms with van der Waals surface area (Å²) < 4.78 is 32.1. The van der Waals surface area contributed by atoms with Crippen LogP contribution in [0.1, 0.15) is 87.7 Å². The summed E-state index contributed by atoms with van der Waals surface area (Å²) in [6, 6.07) is 14.1. The van der Waals surface area contributed by atoms with E-state index in [1.54, 1.807) is 11.3 Å². The van der Waals surface area contributed by atoms with Gasteiger partial charge in [-0.1, -0.05) is 74.9 Å². The Morgan fingerprint density at radius 3 is 2.57 bits per heavy atom. The number of hydrogen-bond acceptors (Lipinski definition) is 8. The maximum Gasteiger partial charge on any atom is 0.288 e. The van der Waals surface area contributed by atoms with Crippen molar-refractivity contribution in [2.24, 2.45) is 16.8 Å². The number of Topliss-reactive ketones (excluding diaryl/α,β-unsaturated/α-hetero) is 1. The Morgan fingerprint density at radius 2 is 1.85 bits per heavy atom. The van der Waals surface area contributed by atoms with E-state index in [2.05, 4.69) is 34.7 Å². The molecule has 252 valence electrons. The monoisotopic (exact) mass is 670 g/mol. The van der Waals surface area contributed by atoms with Crippen LogP contribution < -0.4 is 4.72 Å². The minimum atomic E-state index is -3.24. The number of thiophene rings is 1. The smallest absolute Gasteiger partial charge is 0.288 e. The molecule has 1 aromatic carbocycles. The molecule has 1 aliphatic carbocycles. The number of nitrogens with zero attached hydrogens (tertiary/aromatic N) is 3. The van der Waals surface area contributed by atoms with E-state index in [-0.39, 0.29) is 29.8 Å². The van der Waals surface area contributed by atoms with Gasteiger partial charge in [0.1, 0.15) is 12.1 Å². The molecule has 1 N–H and O–H groups in total. The molecule has 4 atom stereocenters. The first kappa shape index (κ1) is 34.6. The Kier molecular flexibility index (Phi) is 12.3. The van der Waals surface area contributed by atoms with Gasteiger partial charge in [0.2, 0.25) is 15.9 Å². The normalized spacial score (nSPS) is 23.2. The van der Waals surface area contributed by atoms with Crippen LogP contribution in [0.4, 0.5) is 0 Å². The number of nitrogens with one attached hydrogen (secondary N) is 1. The molecule has 1 saturated heterocycles. The number of carbonyl (C=O) groups is 2. The summed E-state index contributed by atoms with van der Waals surface area (Å²) in [6.45, 7) is 3.79. The van der Waals surface area contributed by atoms with E-state index in [9.17, 15) is 18.0 Å². The minimum absolute atomic E-state index is 0.0536. The molecule has 46 heavy (non-hydrogen) atoms. The van der Waals surface area contributed by atoms with E-state index in [4.69, 9.17) is 9.73 Å². The summed E-state index contributed by atoms with van der Waals surface area (Å²) in [5, 5.41) is 2.03. The average Bonchev–Trinajstić information content (AvgIpc) is 3.72. The zero-order chi connectivity index (χ0) is 32.5. The van der Waals surface area contributed by atoms with Gasteiger partial charge in [0.15, 0.2) is 5.78 Å². The molecule has 0 spiro atoms. The highest BCUT2D eigenvalue weighted by Gasteiger charge is 2.41. The highest BCUT2D eigenvalue weighted by molar-refractivity contribution is 7.88. The van der Waals surface area contributed by atoms with Crippen LogP contribution in [0.2, 0.25) is 0 Å². The second-order valence-electron chi connectivity index (χ2n) is 13.2. The number of hydrogen-bond donors (Lipinski definition) is 1. The molecule has 1 aromatic heterocycles. The highest BCUT2D eigenvalue weighted by Crippen LogP contribution is 2.34. The molecular formula is C35H50N4O5S2. The third kappa shape index (κ3) is 9.64. The van der Waals surface area contributed by atoms with Crippen LogP contribution in [0, 0.1) is 11.8 Å². The molecule has 5 rings (SSSR count). The van der Waals surface area contributed by atoms with Crippen molar-refractivity contribution in [1.82, 2.24) is 14.5 Å². The van der Waals surface area contributed by atoms with Gasteiger partial charge in [0.25, 0.3) is 6.02 Å². The number of amides is 1. The van der Waals surface area contributed by atoms with Crippen LogP contribution >= 0.6 is 11.3 Å². The van der Waals surface area contributed by atoms with Gasteiger partial charge in [-0.05, 0) is 55.5 Å². The van der Waals surface area contributed by atoms with E-state index in [1.807, 2.05) is 34.5 Å². The quantitative estimate of drug-likeness (QED) is 0.263. The number of unbranched alkanes of at least 4 members (excludes halogenated alkanes) is 1. The summed E-state index contributed by atoms with van der Waals surface area (Å²) in [7, 11) is -3.24. The van der Waals surface area contributed by atoms with E-state index < -0.39 is 16.1 Å². The lowest BCUT2D eigenvalue weighted by molar-refractivity contribution is -0.146. The molecule has 0 radical (unpaired) electrons. The van der Waals surface area contributed by atoms with Gasteiger partial charge in [-0.2, -0.15) is 0 Å². The van der Waals surface area contributed by atoms with E-state index in [1.165, 1.54) is 30.4 Å². The van der Waals surface area contributed by atoms with Crippen molar-refractivity contribution in [3.63, 3.8) is 0 Å². The minimum Gasteiger partial charge on any atom is -0.455 e. The summed E-state index contributed by atoms with van der Waals surface area (Å²) >= 11 is 1.65. The molecule has 9 nitrogen and oxygen atoms in total. The Hall–Kier alpha value is -2.76. The van der Waals surface area contributed by atoms with Crippen molar-refractivity contribution >= 4 is 39.1 Å². The summed E-state index contributed by atoms with van der Waals surface area (Å²) in [6.07, 6.45) is 11.0. The van der Waals surface area contributed by atoms with Gasteiger partial charge >= 0.3 is 0 Å². The number of aryl methyl sites for hydroxylation is 1. The Labute approximate surface area is 278 Å². The SMILES string of the molecule is C[C@@H]1N=C(N2CCN(C(=O)[C@@H](CCCCNS(C)(=O)=O)CC3CCCCC3)[C@H](C(=O)CCc3cccs3)C2)O[C@H]1c1ccccc1. The standard InChI is InChI=1S/C35H50N4O5S2/c1-26-33(28-14-7-4-8-15-28)44-35(37-26)38-21-22-39(31(25-38)32(40)19-18-30-17-11-23-45-30)34(41)29(24-27-12-5-3-6-13-27)16-9-10-20-36-46(2,42)43/h4,7-8,11,14-15,17,23,26-27,29,31,33,36H,3,5-6,9-10,12-13,16,18-22,24-25H2,1-2H3/t26-,29-,31-,33+/m0/s1. The zero-order valence-electron chi connectivity index (χ0n) is 27.3. The molecule has 2 fully saturated rings. The maximum absolute atomic E-state index is 14.4. The van der Waals surface area contributed by atoms with Crippen LogP contribution in [0.25, 0.3) is 0 Å². The van der Waals surface area contributed by atoms with Crippen molar-refractivity contribution in [2.75, 3.05) is 32.4 Å². The number of piperazine rings is 1. The van der Waals surface area contributed by atoms with Gasteiger partial charge < -0.3 is 14.5 Å². The van der Waals surface area contributed by atoms with Crippen molar-refractivity contribution in [2.45, 2.75) is 95.7 Å². The summed E-state index contributed by atoms with van der Waals surface area (Å²) in [5.74, 6) is 0.485. The van der Waals surface area contributed by atoms with E-state index >= 15 is 0 Å². The van der Waals surface area contributed by atoms with Gasteiger partial charge in [-0.25, -0.2) is 18.1 Å².